The van der Waals surface area contributed by atoms with Gasteiger partial charge in [-0.1, -0.05) is 0 Å². The molecule has 0 unspecified atom stereocenters. The number of rotatable bonds is 4. The number of anilines is 2. The van der Waals surface area contributed by atoms with Gasteiger partial charge in [-0.15, -0.1) is 0 Å². The van der Waals surface area contributed by atoms with Crippen LogP contribution in [0.3, 0.4) is 0 Å². The molecule has 82 valence electrons. The van der Waals surface area contributed by atoms with Crippen molar-refractivity contribution >= 4 is 21.5 Å². The highest BCUT2D eigenvalue weighted by Crippen LogP contribution is 2.30. The Balaban J connectivity index is 2.10. The Kier molecular flexibility index (Phi) is 2.52. The number of nitrogen functional groups attached to an aromatic ring is 1. The van der Waals surface area contributed by atoms with Crippen LogP contribution in [-0.2, 0) is 10.0 Å². The molecule has 1 aliphatic carbocycles. The molecule has 0 radical (unpaired) electrons. The predicted octanol–water partition coefficient (Wildman–Crippen LogP) is 0.815. The number of nitrogens with one attached hydrogen (secondary N) is 1. The maximum absolute atomic E-state index is 11.6. The highest BCUT2D eigenvalue weighted by Gasteiger charge is 2.28. The smallest absolute Gasteiger partial charge is 0.234 e. The van der Waals surface area contributed by atoms with Gasteiger partial charge in [-0.2, -0.15) is 0 Å². The Morgan fingerprint density at radius 3 is 2.87 bits per heavy atom. The van der Waals surface area contributed by atoms with Crippen molar-refractivity contribution in [1.82, 2.24) is 4.98 Å². The minimum Gasteiger partial charge on any atom is -0.396 e. The summed E-state index contributed by atoms with van der Waals surface area (Å²) in [5, 5.41) is 0. The van der Waals surface area contributed by atoms with Crippen LogP contribution in [0.4, 0.5) is 11.5 Å². The quantitative estimate of drug-likeness (QED) is 0.797. The molecule has 0 spiro atoms. The molecule has 0 atom stereocenters. The topological polar surface area (TPSA) is 85.1 Å². The van der Waals surface area contributed by atoms with Gasteiger partial charge in [0, 0.05) is 6.20 Å². The average Bonchev–Trinajstić information content (AvgIpc) is 2.91. The zero-order valence-electron chi connectivity index (χ0n) is 8.18. The standard InChI is InChI=1S/C9H13N3O2S/c10-8-2-1-5-11-9(8)12-15(13,14)6-7-3-4-7/h1-2,5,7H,3-4,6,10H2,(H,11,12). The summed E-state index contributed by atoms with van der Waals surface area (Å²) < 4.78 is 25.6. The van der Waals surface area contributed by atoms with E-state index in [0.29, 0.717) is 11.6 Å². The lowest BCUT2D eigenvalue weighted by Crippen LogP contribution is -2.19. The van der Waals surface area contributed by atoms with Gasteiger partial charge in [0.25, 0.3) is 0 Å². The van der Waals surface area contributed by atoms with Crippen molar-refractivity contribution in [1.29, 1.82) is 0 Å². The van der Waals surface area contributed by atoms with Gasteiger partial charge in [0.2, 0.25) is 10.0 Å². The summed E-state index contributed by atoms with van der Waals surface area (Å²) in [4.78, 5) is 3.88. The average molecular weight is 227 g/mol. The highest BCUT2D eigenvalue weighted by molar-refractivity contribution is 7.92. The molecule has 1 aromatic heterocycles. The van der Waals surface area contributed by atoms with Crippen LogP contribution in [0, 0.1) is 5.92 Å². The first-order chi connectivity index (χ1) is 7.07. The van der Waals surface area contributed by atoms with Crippen LogP contribution < -0.4 is 10.5 Å². The van der Waals surface area contributed by atoms with Crippen LogP contribution in [0.25, 0.3) is 0 Å². The summed E-state index contributed by atoms with van der Waals surface area (Å²) in [6, 6.07) is 3.27. The minimum absolute atomic E-state index is 0.170. The Morgan fingerprint density at radius 2 is 2.27 bits per heavy atom. The largest absolute Gasteiger partial charge is 0.396 e. The second-order valence-corrected chi connectivity index (χ2v) is 5.54. The van der Waals surface area contributed by atoms with E-state index in [-0.39, 0.29) is 11.6 Å². The van der Waals surface area contributed by atoms with Crippen molar-refractivity contribution in [2.45, 2.75) is 12.8 Å². The van der Waals surface area contributed by atoms with Gasteiger partial charge in [0.1, 0.15) is 0 Å². The normalized spacial score (nSPS) is 16.3. The van der Waals surface area contributed by atoms with Gasteiger partial charge < -0.3 is 5.73 Å². The van der Waals surface area contributed by atoms with E-state index < -0.39 is 10.0 Å². The third-order valence-electron chi connectivity index (χ3n) is 2.24. The highest BCUT2D eigenvalue weighted by atomic mass is 32.2. The van der Waals surface area contributed by atoms with E-state index in [0.717, 1.165) is 12.8 Å². The number of pyridine rings is 1. The maximum atomic E-state index is 11.6. The Morgan fingerprint density at radius 1 is 1.53 bits per heavy atom. The predicted molar refractivity (Wildman–Crippen MR) is 58.8 cm³/mol. The Bertz CT molecular complexity index is 454. The molecule has 0 saturated heterocycles. The first-order valence-electron chi connectivity index (χ1n) is 4.78. The van der Waals surface area contributed by atoms with Gasteiger partial charge in [0.15, 0.2) is 5.82 Å². The first-order valence-corrected chi connectivity index (χ1v) is 6.43. The molecule has 0 aromatic carbocycles. The second kappa shape index (κ2) is 3.69. The lowest BCUT2D eigenvalue weighted by molar-refractivity contribution is 0.597. The molecule has 1 fully saturated rings. The summed E-state index contributed by atoms with van der Waals surface area (Å²) in [7, 11) is -3.29. The zero-order chi connectivity index (χ0) is 10.9. The molecule has 1 saturated carbocycles. The van der Waals surface area contributed by atoms with E-state index in [4.69, 9.17) is 5.73 Å². The molecule has 15 heavy (non-hydrogen) atoms. The molecule has 5 nitrogen and oxygen atoms in total. The van der Waals surface area contributed by atoms with E-state index in [2.05, 4.69) is 9.71 Å². The molecule has 1 aromatic rings. The summed E-state index contributed by atoms with van der Waals surface area (Å²) in [5.41, 5.74) is 5.93. The van der Waals surface area contributed by atoms with Crippen molar-refractivity contribution < 1.29 is 8.42 Å². The second-order valence-electron chi connectivity index (χ2n) is 3.77. The molecular formula is C9H13N3O2S. The van der Waals surface area contributed by atoms with Crippen molar-refractivity contribution in [2.24, 2.45) is 5.92 Å². The molecule has 1 heterocycles. The Hall–Kier alpha value is -1.30. The fraction of sp³-hybridized carbons (Fsp3) is 0.444. The van der Waals surface area contributed by atoms with Crippen molar-refractivity contribution in [3.05, 3.63) is 18.3 Å². The van der Waals surface area contributed by atoms with E-state index >= 15 is 0 Å². The minimum atomic E-state index is -3.29. The van der Waals surface area contributed by atoms with Crippen LogP contribution >= 0.6 is 0 Å². The van der Waals surface area contributed by atoms with Gasteiger partial charge in [-0.25, -0.2) is 13.4 Å². The summed E-state index contributed by atoms with van der Waals surface area (Å²) >= 11 is 0. The molecule has 0 bridgehead atoms. The summed E-state index contributed by atoms with van der Waals surface area (Å²) in [6.45, 7) is 0. The fourth-order valence-corrected chi connectivity index (χ4v) is 2.79. The number of sulfonamides is 1. The van der Waals surface area contributed by atoms with Crippen LogP contribution in [0.2, 0.25) is 0 Å². The molecule has 0 aliphatic heterocycles. The molecule has 2 rings (SSSR count). The third-order valence-corrected chi connectivity index (χ3v) is 3.66. The number of aromatic nitrogens is 1. The summed E-state index contributed by atoms with van der Waals surface area (Å²) in [5.74, 6) is 0.703. The molecular weight excluding hydrogens is 214 g/mol. The molecule has 1 aliphatic rings. The Labute approximate surface area is 88.8 Å². The van der Waals surface area contributed by atoms with Crippen molar-refractivity contribution in [3.63, 3.8) is 0 Å². The van der Waals surface area contributed by atoms with E-state index in [9.17, 15) is 8.42 Å². The van der Waals surface area contributed by atoms with Gasteiger partial charge >= 0.3 is 0 Å². The molecule has 0 amide bonds. The van der Waals surface area contributed by atoms with Crippen LogP contribution in [0.5, 0.6) is 0 Å². The van der Waals surface area contributed by atoms with E-state index in [1.165, 1.54) is 6.20 Å². The van der Waals surface area contributed by atoms with Crippen LogP contribution in [0.15, 0.2) is 18.3 Å². The van der Waals surface area contributed by atoms with Gasteiger partial charge in [-0.3, -0.25) is 4.72 Å². The van der Waals surface area contributed by atoms with Gasteiger partial charge in [0.05, 0.1) is 11.4 Å². The summed E-state index contributed by atoms with van der Waals surface area (Å²) in [6.07, 6.45) is 3.50. The maximum Gasteiger partial charge on any atom is 0.234 e. The lowest BCUT2D eigenvalue weighted by atomic mass is 10.4. The molecule has 3 N–H and O–H groups in total. The van der Waals surface area contributed by atoms with E-state index in [1.807, 2.05) is 0 Å². The SMILES string of the molecule is Nc1cccnc1NS(=O)(=O)CC1CC1. The van der Waals surface area contributed by atoms with Crippen molar-refractivity contribution in [2.75, 3.05) is 16.2 Å². The van der Waals surface area contributed by atoms with Crippen LogP contribution in [0.1, 0.15) is 12.8 Å². The van der Waals surface area contributed by atoms with E-state index in [1.54, 1.807) is 12.1 Å². The monoisotopic (exact) mass is 227 g/mol. The molecule has 6 heteroatoms. The van der Waals surface area contributed by atoms with Crippen molar-refractivity contribution in [3.8, 4) is 0 Å². The third kappa shape index (κ3) is 2.82. The van der Waals surface area contributed by atoms with Gasteiger partial charge in [-0.05, 0) is 30.9 Å². The lowest BCUT2D eigenvalue weighted by Gasteiger charge is -2.07. The fourth-order valence-electron chi connectivity index (χ4n) is 1.29. The first kappa shape index (κ1) is 10.2. The number of nitrogens with zero attached hydrogens (tertiary/aromatic N) is 1. The number of nitrogens with two attached hydrogens (primary N) is 1. The number of hydrogen-bond acceptors (Lipinski definition) is 4. The number of hydrogen-bond donors (Lipinski definition) is 2. The van der Waals surface area contributed by atoms with Crippen LogP contribution in [-0.4, -0.2) is 19.2 Å². The zero-order valence-corrected chi connectivity index (χ0v) is 9.00.